The van der Waals surface area contributed by atoms with Gasteiger partial charge < -0.3 is 10.2 Å². The Morgan fingerprint density at radius 3 is 2.65 bits per heavy atom. The fourth-order valence-corrected chi connectivity index (χ4v) is 3.61. The summed E-state index contributed by atoms with van der Waals surface area (Å²) in [4.78, 5) is 29.5. The number of imidazole rings is 1. The summed E-state index contributed by atoms with van der Waals surface area (Å²) < 4.78 is 28.4. The zero-order valence-corrected chi connectivity index (χ0v) is 16.9. The highest BCUT2D eigenvalue weighted by Gasteiger charge is 2.30. The first-order valence-corrected chi connectivity index (χ1v) is 9.98. The van der Waals surface area contributed by atoms with E-state index in [1.54, 1.807) is 17.2 Å². The van der Waals surface area contributed by atoms with Crippen LogP contribution in [0, 0.1) is 0 Å². The van der Waals surface area contributed by atoms with E-state index >= 15 is 0 Å². The van der Waals surface area contributed by atoms with Crippen molar-refractivity contribution in [1.29, 1.82) is 0 Å². The van der Waals surface area contributed by atoms with Crippen molar-refractivity contribution in [3.8, 4) is 0 Å². The van der Waals surface area contributed by atoms with Crippen molar-refractivity contribution in [1.82, 2.24) is 25.2 Å². The SMILES string of the molecule is CCc1ccc(CN(CC(F)F)c2cc(C3CNC(=O)NC3=O)nn3ccnc23)cc1. The van der Waals surface area contributed by atoms with Crippen LogP contribution in [0.4, 0.5) is 19.3 Å². The van der Waals surface area contributed by atoms with Crippen molar-refractivity contribution in [2.75, 3.05) is 18.0 Å². The molecule has 0 bridgehead atoms. The number of hydrogen-bond acceptors (Lipinski definition) is 5. The van der Waals surface area contributed by atoms with Gasteiger partial charge >= 0.3 is 6.03 Å². The Kier molecular flexibility index (Phi) is 5.79. The molecule has 8 nitrogen and oxygen atoms in total. The predicted octanol–water partition coefficient (Wildman–Crippen LogP) is 2.49. The highest BCUT2D eigenvalue weighted by Crippen LogP contribution is 2.27. The number of urea groups is 1. The third-order valence-corrected chi connectivity index (χ3v) is 5.24. The first-order valence-electron chi connectivity index (χ1n) is 9.98. The van der Waals surface area contributed by atoms with E-state index in [9.17, 15) is 18.4 Å². The number of nitrogens with zero attached hydrogens (tertiary/aromatic N) is 4. The molecule has 3 heterocycles. The standard InChI is InChI=1S/C21H22F2N6O2/c1-2-13-3-5-14(6-4-13)11-28(12-18(22)23)17-9-16(27-29-8-7-24-19(17)29)15-10-25-21(31)26-20(15)30/h3-9,15,18H,2,10-12H2,1H3,(H2,25,26,30,31). The third-order valence-electron chi connectivity index (χ3n) is 5.24. The Morgan fingerprint density at radius 2 is 1.97 bits per heavy atom. The molecule has 2 N–H and O–H groups in total. The molecule has 10 heteroatoms. The van der Waals surface area contributed by atoms with Gasteiger partial charge in [0, 0.05) is 25.5 Å². The monoisotopic (exact) mass is 428 g/mol. The fourth-order valence-electron chi connectivity index (χ4n) is 3.61. The molecule has 162 valence electrons. The summed E-state index contributed by atoms with van der Waals surface area (Å²) in [6.07, 6.45) is 1.44. The number of nitrogens with one attached hydrogen (secondary N) is 2. The van der Waals surface area contributed by atoms with E-state index in [1.165, 1.54) is 10.7 Å². The number of halogens is 2. The van der Waals surface area contributed by atoms with E-state index in [2.05, 4.69) is 27.6 Å². The molecule has 3 aromatic rings. The van der Waals surface area contributed by atoms with E-state index in [0.717, 1.165) is 17.5 Å². The number of hydrogen-bond donors (Lipinski definition) is 2. The number of imide groups is 1. The number of carbonyl (C=O) groups is 2. The normalized spacial score (nSPS) is 16.5. The number of rotatable bonds is 7. The summed E-state index contributed by atoms with van der Waals surface area (Å²) >= 11 is 0. The number of carbonyl (C=O) groups excluding carboxylic acids is 2. The maximum Gasteiger partial charge on any atom is 0.321 e. The molecule has 2 aromatic heterocycles. The van der Waals surface area contributed by atoms with Crippen molar-refractivity contribution < 1.29 is 18.4 Å². The molecule has 1 unspecified atom stereocenters. The van der Waals surface area contributed by atoms with Crippen molar-refractivity contribution in [2.24, 2.45) is 0 Å². The molecule has 1 aromatic carbocycles. The summed E-state index contributed by atoms with van der Waals surface area (Å²) in [7, 11) is 0. The summed E-state index contributed by atoms with van der Waals surface area (Å²) in [5.41, 5.74) is 3.26. The number of aromatic nitrogens is 3. The van der Waals surface area contributed by atoms with Gasteiger partial charge in [-0.15, -0.1) is 0 Å². The molecule has 1 fully saturated rings. The molecular weight excluding hydrogens is 406 g/mol. The van der Waals surface area contributed by atoms with Gasteiger partial charge in [-0.3, -0.25) is 10.1 Å². The molecule has 3 amide bonds. The maximum atomic E-state index is 13.5. The van der Waals surface area contributed by atoms with Crippen LogP contribution in [0.15, 0.2) is 42.7 Å². The van der Waals surface area contributed by atoms with E-state index in [0.29, 0.717) is 17.0 Å². The average molecular weight is 428 g/mol. The highest BCUT2D eigenvalue weighted by atomic mass is 19.3. The van der Waals surface area contributed by atoms with Crippen LogP contribution in [0.25, 0.3) is 5.65 Å². The maximum absolute atomic E-state index is 13.5. The zero-order chi connectivity index (χ0) is 22.0. The summed E-state index contributed by atoms with van der Waals surface area (Å²) in [6, 6.07) is 8.84. The Bertz CT molecular complexity index is 1100. The van der Waals surface area contributed by atoms with E-state index in [4.69, 9.17) is 0 Å². The summed E-state index contributed by atoms with van der Waals surface area (Å²) in [5.74, 6) is -1.22. The van der Waals surface area contributed by atoms with E-state index < -0.39 is 30.8 Å². The van der Waals surface area contributed by atoms with Crippen LogP contribution >= 0.6 is 0 Å². The Balaban J connectivity index is 1.73. The highest BCUT2D eigenvalue weighted by molar-refractivity contribution is 6.00. The zero-order valence-electron chi connectivity index (χ0n) is 16.9. The van der Waals surface area contributed by atoms with Crippen LogP contribution in [0.3, 0.4) is 0 Å². The van der Waals surface area contributed by atoms with Gasteiger partial charge in [-0.1, -0.05) is 31.2 Å². The van der Waals surface area contributed by atoms with Crippen LogP contribution in [-0.4, -0.2) is 46.1 Å². The lowest BCUT2D eigenvalue weighted by Gasteiger charge is -2.27. The molecule has 4 rings (SSSR count). The van der Waals surface area contributed by atoms with Gasteiger partial charge in [0.15, 0.2) is 5.65 Å². The number of anilines is 1. The number of amides is 3. The third kappa shape index (κ3) is 4.47. The minimum Gasteiger partial charge on any atom is -0.358 e. The number of benzene rings is 1. The number of alkyl halides is 2. The Labute approximate surface area is 177 Å². The van der Waals surface area contributed by atoms with Crippen LogP contribution in [0.2, 0.25) is 0 Å². The smallest absolute Gasteiger partial charge is 0.321 e. The van der Waals surface area contributed by atoms with Gasteiger partial charge in [0.05, 0.1) is 23.8 Å². The quantitative estimate of drug-likeness (QED) is 0.603. The lowest BCUT2D eigenvalue weighted by atomic mass is 10.0. The molecule has 0 aliphatic carbocycles. The first-order chi connectivity index (χ1) is 14.9. The summed E-state index contributed by atoms with van der Waals surface area (Å²) in [6.45, 7) is 1.86. The van der Waals surface area contributed by atoms with Gasteiger partial charge in [-0.25, -0.2) is 23.1 Å². The molecule has 1 atom stereocenters. The van der Waals surface area contributed by atoms with Gasteiger partial charge in [0.2, 0.25) is 5.91 Å². The molecule has 31 heavy (non-hydrogen) atoms. The van der Waals surface area contributed by atoms with Crippen molar-refractivity contribution in [2.45, 2.75) is 32.2 Å². The first kappa shape index (κ1) is 20.7. The number of fused-ring (bicyclic) bond motifs is 1. The molecule has 0 saturated carbocycles. The second kappa shape index (κ2) is 8.66. The second-order valence-corrected chi connectivity index (χ2v) is 7.34. The minimum atomic E-state index is -2.57. The van der Waals surface area contributed by atoms with Gasteiger partial charge in [-0.05, 0) is 23.6 Å². The van der Waals surface area contributed by atoms with Crippen molar-refractivity contribution in [3.63, 3.8) is 0 Å². The lowest BCUT2D eigenvalue weighted by molar-refractivity contribution is -0.122. The van der Waals surface area contributed by atoms with Crippen LogP contribution in [-0.2, 0) is 17.8 Å². The molecule has 1 saturated heterocycles. The largest absolute Gasteiger partial charge is 0.358 e. The Morgan fingerprint density at radius 1 is 1.23 bits per heavy atom. The molecule has 0 spiro atoms. The van der Waals surface area contributed by atoms with E-state index in [-0.39, 0.29) is 13.1 Å². The van der Waals surface area contributed by atoms with Crippen LogP contribution < -0.4 is 15.5 Å². The second-order valence-electron chi connectivity index (χ2n) is 7.34. The van der Waals surface area contributed by atoms with Crippen molar-refractivity contribution in [3.05, 3.63) is 59.5 Å². The topological polar surface area (TPSA) is 91.6 Å². The Hall–Kier alpha value is -3.56. The van der Waals surface area contributed by atoms with Crippen LogP contribution in [0.1, 0.15) is 29.7 Å². The van der Waals surface area contributed by atoms with Gasteiger partial charge in [0.1, 0.15) is 0 Å². The lowest BCUT2D eigenvalue weighted by Crippen LogP contribution is -2.51. The van der Waals surface area contributed by atoms with Crippen LogP contribution in [0.5, 0.6) is 0 Å². The fraction of sp³-hybridized carbons (Fsp3) is 0.333. The summed E-state index contributed by atoms with van der Waals surface area (Å²) in [5, 5.41) is 9.19. The molecule has 1 aliphatic heterocycles. The van der Waals surface area contributed by atoms with Crippen molar-refractivity contribution >= 4 is 23.3 Å². The van der Waals surface area contributed by atoms with Gasteiger partial charge in [-0.2, -0.15) is 5.10 Å². The predicted molar refractivity (Wildman–Crippen MR) is 110 cm³/mol. The molecular formula is C21H22F2N6O2. The van der Waals surface area contributed by atoms with Gasteiger partial charge in [0.25, 0.3) is 6.43 Å². The number of aryl methyl sites for hydroxylation is 1. The molecule has 0 radical (unpaired) electrons. The average Bonchev–Trinajstić information content (AvgIpc) is 3.21. The minimum absolute atomic E-state index is 0.0740. The molecule has 1 aliphatic rings. The van der Waals surface area contributed by atoms with E-state index in [1.807, 2.05) is 24.3 Å².